The number of carbonyl (C=O) groups is 1. The van der Waals surface area contributed by atoms with Crippen molar-refractivity contribution in [2.24, 2.45) is 0 Å². The molecule has 1 aromatic carbocycles. The Labute approximate surface area is 134 Å². The van der Waals surface area contributed by atoms with Crippen molar-refractivity contribution in [2.75, 3.05) is 18.9 Å². The molecule has 0 unspecified atom stereocenters. The van der Waals surface area contributed by atoms with Crippen LogP contribution in [0.15, 0.2) is 22.7 Å². The van der Waals surface area contributed by atoms with E-state index in [0.717, 1.165) is 12.8 Å². The van der Waals surface area contributed by atoms with Gasteiger partial charge in [-0.2, -0.15) is 0 Å². The van der Waals surface area contributed by atoms with E-state index in [4.69, 9.17) is 0 Å². The number of nitrogens with one attached hydrogen (secondary N) is 1. The molecule has 0 atom stereocenters. The van der Waals surface area contributed by atoms with Gasteiger partial charge in [0.25, 0.3) is 0 Å². The molecule has 0 saturated heterocycles. The van der Waals surface area contributed by atoms with Crippen molar-refractivity contribution in [1.29, 1.82) is 0 Å². The van der Waals surface area contributed by atoms with Crippen molar-refractivity contribution in [3.63, 3.8) is 0 Å². The zero-order chi connectivity index (χ0) is 15.2. The van der Waals surface area contributed by atoms with Gasteiger partial charge in [-0.3, -0.25) is 9.69 Å². The number of nitrogens with zero attached hydrogens (tertiary/aromatic N) is 1. The largest absolute Gasteiger partial charge is 0.322 e. The van der Waals surface area contributed by atoms with Gasteiger partial charge in [0.1, 0.15) is 5.82 Å². The number of carbonyl (C=O) groups excluding carboxylic acids is 1. The second-order valence-corrected chi connectivity index (χ2v) is 6.65. The minimum atomic E-state index is -0.421. The van der Waals surface area contributed by atoms with Crippen molar-refractivity contribution in [3.8, 4) is 0 Å². The number of hydrogen-bond acceptors (Lipinski definition) is 2. The van der Waals surface area contributed by atoms with E-state index in [0.29, 0.717) is 17.1 Å². The van der Waals surface area contributed by atoms with Crippen molar-refractivity contribution in [1.82, 2.24) is 4.90 Å². The Bertz CT molecular complexity index is 487. The van der Waals surface area contributed by atoms with Crippen LogP contribution in [-0.2, 0) is 4.79 Å². The second-order valence-electron chi connectivity index (χ2n) is 5.73. The first-order valence-corrected chi connectivity index (χ1v) is 8.30. The van der Waals surface area contributed by atoms with Gasteiger partial charge >= 0.3 is 0 Å². The van der Waals surface area contributed by atoms with Crippen LogP contribution in [0.4, 0.5) is 10.1 Å². The molecule has 0 aromatic heterocycles. The summed E-state index contributed by atoms with van der Waals surface area (Å²) >= 11 is 3.20. The summed E-state index contributed by atoms with van der Waals surface area (Å²) in [5.41, 5.74) is 0.234. The van der Waals surface area contributed by atoms with E-state index in [1.165, 1.54) is 31.7 Å². The molecular formula is C16H22BrFN2O. The first-order chi connectivity index (χ1) is 10.1. The number of amides is 1. The topological polar surface area (TPSA) is 32.3 Å². The van der Waals surface area contributed by atoms with Crippen LogP contribution in [0.1, 0.15) is 38.5 Å². The van der Waals surface area contributed by atoms with Gasteiger partial charge in [-0.1, -0.05) is 41.6 Å². The molecule has 1 aliphatic rings. The molecule has 21 heavy (non-hydrogen) atoms. The van der Waals surface area contributed by atoms with Gasteiger partial charge in [-0.25, -0.2) is 4.39 Å². The molecule has 1 aromatic rings. The van der Waals surface area contributed by atoms with E-state index < -0.39 is 5.82 Å². The SMILES string of the molecule is CN(CC(=O)Nc1ccc(Br)cc1F)C1CCCCCC1. The minimum absolute atomic E-state index is 0.164. The summed E-state index contributed by atoms with van der Waals surface area (Å²) in [5, 5.41) is 2.65. The fourth-order valence-electron chi connectivity index (χ4n) is 2.83. The number of benzene rings is 1. The van der Waals surface area contributed by atoms with Crippen LogP contribution < -0.4 is 5.32 Å². The highest BCUT2D eigenvalue weighted by Crippen LogP contribution is 2.22. The first kappa shape index (κ1) is 16.4. The fourth-order valence-corrected chi connectivity index (χ4v) is 3.17. The lowest BCUT2D eigenvalue weighted by Crippen LogP contribution is -2.37. The minimum Gasteiger partial charge on any atom is -0.322 e. The van der Waals surface area contributed by atoms with Gasteiger partial charge in [0, 0.05) is 10.5 Å². The average Bonchev–Trinajstić information content (AvgIpc) is 2.71. The number of hydrogen-bond donors (Lipinski definition) is 1. The molecule has 116 valence electrons. The highest BCUT2D eigenvalue weighted by Gasteiger charge is 2.19. The second kappa shape index (κ2) is 7.90. The number of halogens is 2. The van der Waals surface area contributed by atoms with Crippen molar-refractivity contribution < 1.29 is 9.18 Å². The lowest BCUT2D eigenvalue weighted by atomic mass is 10.1. The lowest BCUT2D eigenvalue weighted by Gasteiger charge is -2.26. The van der Waals surface area contributed by atoms with Crippen LogP contribution in [0.3, 0.4) is 0 Å². The predicted octanol–water partition coefficient (Wildman–Crippen LogP) is 4.18. The fraction of sp³-hybridized carbons (Fsp3) is 0.562. The Kier molecular flexibility index (Phi) is 6.18. The van der Waals surface area contributed by atoms with Crippen LogP contribution in [0.25, 0.3) is 0 Å². The molecule has 1 saturated carbocycles. The summed E-state index contributed by atoms with van der Waals surface area (Å²) < 4.78 is 14.4. The van der Waals surface area contributed by atoms with Crippen LogP contribution in [-0.4, -0.2) is 30.4 Å². The van der Waals surface area contributed by atoms with Crippen LogP contribution in [0.5, 0.6) is 0 Å². The van der Waals surface area contributed by atoms with Gasteiger partial charge in [0.15, 0.2) is 0 Å². The van der Waals surface area contributed by atoms with Crippen molar-refractivity contribution >= 4 is 27.5 Å². The normalized spacial score (nSPS) is 16.8. The van der Waals surface area contributed by atoms with E-state index in [1.807, 2.05) is 7.05 Å². The number of rotatable bonds is 4. The van der Waals surface area contributed by atoms with Crippen molar-refractivity contribution in [3.05, 3.63) is 28.5 Å². The van der Waals surface area contributed by atoms with E-state index in [-0.39, 0.29) is 11.6 Å². The van der Waals surface area contributed by atoms with Gasteiger partial charge in [-0.05, 0) is 38.1 Å². The Morgan fingerprint density at radius 3 is 2.62 bits per heavy atom. The molecule has 1 N–H and O–H groups in total. The summed E-state index contributed by atoms with van der Waals surface area (Å²) in [5.74, 6) is -0.585. The van der Waals surface area contributed by atoms with E-state index in [2.05, 4.69) is 26.1 Å². The molecule has 3 nitrogen and oxygen atoms in total. The summed E-state index contributed by atoms with van der Waals surface area (Å²) in [6.45, 7) is 0.306. The summed E-state index contributed by atoms with van der Waals surface area (Å²) in [6.07, 6.45) is 7.35. The third-order valence-corrected chi connectivity index (χ3v) is 4.54. The highest BCUT2D eigenvalue weighted by molar-refractivity contribution is 9.10. The van der Waals surface area contributed by atoms with Crippen LogP contribution in [0.2, 0.25) is 0 Å². The van der Waals surface area contributed by atoms with E-state index >= 15 is 0 Å². The molecule has 0 aliphatic heterocycles. The van der Waals surface area contributed by atoms with Gasteiger partial charge < -0.3 is 5.32 Å². The van der Waals surface area contributed by atoms with Crippen LogP contribution >= 0.6 is 15.9 Å². The van der Waals surface area contributed by atoms with Crippen LogP contribution in [0, 0.1) is 5.82 Å². The maximum absolute atomic E-state index is 13.7. The maximum Gasteiger partial charge on any atom is 0.238 e. The number of likely N-dealkylation sites (N-methyl/N-ethyl adjacent to an activating group) is 1. The average molecular weight is 357 g/mol. The zero-order valence-electron chi connectivity index (χ0n) is 12.4. The zero-order valence-corrected chi connectivity index (χ0v) is 14.0. The van der Waals surface area contributed by atoms with E-state index in [9.17, 15) is 9.18 Å². The smallest absolute Gasteiger partial charge is 0.238 e. The Morgan fingerprint density at radius 2 is 2.00 bits per heavy atom. The standard InChI is InChI=1S/C16H22BrFN2O/c1-20(13-6-4-2-3-5-7-13)11-16(21)19-15-9-8-12(17)10-14(15)18/h8-10,13H,2-7,11H2,1H3,(H,19,21). The molecule has 0 spiro atoms. The van der Waals surface area contributed by atoms with E-state index in [1.54, 1.807) is 12.1 Å². The summed E-state index contributed by atoms with van der Waals surface area (Å²) in [4.78, 5) is 14.2. The molecule has 1 fully saturated rings. The van der Waals surface area contributed by atoms with Gasteiger partial charge in [0.2, 0.25) is 5.91 Å². The molecule has 5 heteroatoms. The number of anilines is 1. The Morgan fingerprint density at radius 1 is 1.33 bits per heavy atom. The predicted molar refractivity (Wildman–Crippen MR) is 86.8 cm³/mol. The molecule has 1 aliphatic carbocycles. The first-order valence-electron chi connectivity index (χ1n) is 7.51. The third-order valence-electron chi connectivity index (χ3n) is 4.05. The quantitative estimate of drug-likeness (QED) is 0.820. The Balaban J connectivity index is 1.88. The molecule has 0 radical (unpaired) electrons. The maximum atomic E-state index is 13.7. The summed E-state index contributed by atoms with van der Waals surface area (Å²) in [7, 11) is 1.98. The van der Waals surface area contributed by atoms with Gasteiger partial charge in [0.05, 0.1) is 12.2 Å². The molecule has 0 bridgehead atoms. The highest BCUT2D eigenvalue weighted by atomic mass is 79.9. The third kappa shape index (κ3) is 5.08. The molecule has 1 amide bonds. The lowest BCUT2D eigenvalue weighted by molar-refractivity contribution is -0.117. The van der Waals surface area contributed by atoms with Gasteiger partial charge in [-0.15, -0.1) is 0 Å². The molecule has 2 rings (SSSR count). The Hall–Kier alpha value is -0.940. The summed E-state index contributed by atoms with van der Waals surface area (Å²) in [6, 6.07) is 5.11. The molecule has 0 heterocycles. The molecular weight excluding hydrogens is 335 g/mol. The van der Waals surface area contributed by atoms with Crippen molar-refractivity contribution in [2.45, 2.75) is 44.6 Å². The monoisotopic (exact) mass is 356 g/mol.